The van der Waals surface area contributed by atoms with Gasteiger partial charge in [0.15, 0.2) is 23.1 Å². The highest BCUT2D eigenvalue weighted by molar-refractivity contribution is 9.10. The Hall–Kier alpha value is -4.60. The van der Waals surface area contributed by atoms with Crippen LogP contribution in [0.1, 0.15) is 41.2 Å². The summed E-state index contributed by atoms with van der Waals surface area (Å²) in [5.41, 5.74) is 2.26. The summed E-state index contributed by atoms with van der Waals surface area (Å²) in [6, 6.07) is 30.9. The van der Waals surface area contributed by atoms with E-state index in [-0.39, 0.29) is 12.5 Å². The smallest absolute Gasteiger partial charge is 0.252 e. The Kier molecular flexibility index (Phi) is 11.7. The maximum atomic E-state index is 14.5. The van der Waals surface area contributed by atoms with Crippen LogP contribution in [0.2, 0.25) is 0 Å². The second-order valence-electron chi connectivity index (χ2n) is 11.0. The molecule has 0 bridgehead atoms. The summed E-state index contributed by atoms with van der Waals surface area (Å²) in [6.45, 7) is 0.861. The molecule has 9 heteroatoms. The molecule has 1 aliphatic heterocycles. The highest BCUT2D eigenvalue weighted by atomic mass is 79.9. The second-order valence-corrected chi connectivity index (χ2v) is 11.9. The average molecular weight is 700 g/mol. The van der Waals surface area contributed by atoms with Crippen molar-refractivity contribution in [2.24, 2.45) is 4.99 Å². The Morgan fingerprint density at radius 3 is 2.45 bits per heavy atom. The molecule has 2 N–H and O–H groups in total. The van der Waals surface area contributed by atoms with Crippen molar-refractivity contribution in [3.05, 3.63) is 130 Å². The number of aliphatic imine (C=N–C) groups is 1. The van der Waals surface area contributed by atoms with Crippen LogP contribution in [0.25, 0.3) is 6.08 Å². The summed E-state index contributed by atoms with van der Waals surface area (Å²) in [7, 11) is 3.20. The maximum absolute atomic E-state index is 14.5. The summed E-state index contributed by atoms with van der Waals surface area (Å²) < 4.78 is 24.0. The number of aliphatic hydroxyl groups is 1. The van der Waals surface area contributed by atoms with Gasteiger partial charge in [-0.2, -0.15) is 0 Å². The van der Waals surface area contributed by atoms with Crippen molar-refractivity contribution in [3.8, 4) is 17.2 Å². The third-order valence-corrected chi connectivity index (χ3v) is 8.63. The van der Waals surface area contributed by atoms with Gasteiger partial charge in [0, 0.05) is 41.6 Å². The van der Waals surface area contributed by atoms with Crippen LogP contribution >= 0.6 is 15.9 Å². The number of nitrogens with one attached hydrogen (secondary N) is 1. The van der Waals surface area contributed by atoms with E-state index in [1.54, 1.807) is 14.2 Å². The van der Waals surface area contributed by atoms with Crippen molar-refractivity contribution in [3.63, 3.8) is 0 Å². The molecule has 1 amide bonds. The minimum atomic E-state index is -1.31. The van der Waals surface area contributed by atoms with Crippen LogP contribution in [0, 0.1) is 0 Å². The average Bonchev–Trinajstić information content (AvgIpc) is 3.49. The highest BCUT2D eigenvalue weighted by Gasteiger charge is 2.53. The van der Waals surface area contributed by atoms with E-state index < -0.39 is 11.6 Å². The fourth-order valence-corrected chi connectivity index (χ4v) is 5.92. The van der Waals surface area contributed by atoms with E-state index in [4.69, 9.17) is 29.0 Å². The Balaban J connectivity index is 1.48. The lowest BCUT2D eigenvalue weighted by Crippen LogP contribution is -2.48. The van der Waals surface area contributed by atoms with Crippen molar-refractivity contribution < 1.29 is 28.8 Å². The number of nitrogens with zero attached hydrogens (tertiary/aromatic N) is 1. The Morgan fingerprint density at radius 2 is 1.72 bits per heavy atom. The zero-order chi connectivity index (χ0) is 33.1. The number of aliphatic hydroxyl groups excluding tert-OH is 1. The number of amides is 1. The number of methoxy groups -OCH3 is 2. The van der Waals surface area contributed by atoms with E-state index in [0.29, 0.717) is 55.6 Å². The largest absolute Gasteiger partial charge is 0.494 e. The molecule has 5 rings (SSSR count). The normalized spacial score (nSPS) is 17.2. The van der Waals surface area contributed by atoms with Gasteiger partial charge in [-0.25, -0.2) is 4.99 Å². The molecule has 1 heterocycles. The molecule has 2 atom stereocenters. The SMILES string of the molecule is COc1ccc(CCNC(=O)[C@]2(C/C=C/c3ccccc3)N=C(c3ccc(OCCCO)cc3)O[C@@H]2c2ccccc2Br)cc1OC. The molecule has 0 saturated heterocycles. The molecule has 0 aromatic heterocycles. The topological polar surface area (TPSA) is 98.6 Å². The summed E-state index contributed by atoms with van der Waals surface area (Å²) in [5, 5.41) is 12.3. The summed E-state index contributed by atoms with van der Waals surface area (Å²) in [4.78, 5) is 19.6. The van der Waals surface area contributed by atoms with Crippen LogP contribution in [0.15, 0.2) is 113 Å². The molecule has 244 valence electrons. The lowest BCUT2D eigenvalue weighted by atomic mass is 9.84. The van der Waals surface area contributed by atoms with Gasteiger partial charge in [-0.15, -0.1) is 0 Å². The quantitative estimate of drug-likeness (QED) is 0.131. The summed E-state index contributed by atoms with van der Waals surface area (Å²) in [6.07, 6.45) is 4.70. The molecule has 8 nitrogen and oxygen atoms in total. The first-order valence-corrected chi connectivity index (χ1v) is 16.3. The van der Waals surface area contributed by atoms with Crippen molar-refractivity contribution in [1.29, 1.82) is 0 Å². The van der Waals surface area contributed by atoms with E-state index >= 15 is 0 Å². The third-order valence-electron chi connectivity index (χ3n) is 7.90. The molecule has 47 heavy (non-hydrogen) atoms. The second kappa shape index (κ2) is 16.3. The number of carbonyl (C=O) groups is 1. The van der Waals surface area contributed by atoms with Crippen LogP contribution in [-0.4, -0.2) is 56.4 Å². The van der Waals surface area contributed by atoms with Gasteiger partial charge in [0.1, 0.15) is 5.75 Å². The van der Waals surface area contributed by atoms with E-state index in [0.717, 1.165) is 26.7 Å². The fourth-order valence-electron chi connectivity index (χ4n) is 5.43. The van der Waals surface area contributed by atoms with Crippen molar-refractivity contribution in [2.45, 2.75) is 30.9 Å². The van der Waals surface area contributed by atoms with Crippen LogP contribution in [0.5, 0.6) is 17.2 Å². The minimum Gasteiger partial charge on any atom is -0.494 e. The molecular formula is C38H39BrN2O6. The molecular weight excluding hydrogens is 660 g/mol. The molecule has 0 radical (unpaired) electrons. The number of carbonyl (C=O) groups excluding carboxylic acids is 1. The van der Waals surface area contributed by atoms with E-state index in [1.807, 2.05) is 109 Å². The molecule has 0 fully saturated rings. The molecule has 1 aliphatic rings. The molecule has 4 aromatic rings. The summed E-state index contributed by atoms with van der Waals surface area (Å²) >= 11 is 3.70. The van der Waals surface area contributed by atoms with Crippen LogP contribution in [-0.2, 0) is 16.0 Å². The van der Waals surface area contributed by atoms with Crippen LogP contribution in [0.3, 0.4) is 0 Å². The van der Waals surface area contributed by atoms with Crippen LogP contribution < -0.4 is 19.5 Å². The highest BCUT2D eigenvalue weighted by Crippen LogP contribution is 2.45. The molecule has 0 unspecified atom stereocenters. The third kappa shape index (κ3) is 8.22. The van der Waals surface area contributed by atoms with Crippen molar-refractivity contribution in [1.82, 2.24) is 5.32 Å². The van der Waals surface area contributed by atoms with Gasteiger partial charge < -0.3 is 29.4 Å². The van der Waals surface area contributed by atoms with Gasteiger partial charge >= 0.3 is 0 Å². The maximum Gasteiger partial charge on any atom is 0.252 e. The van der Waals surface area contributed by atoms with Crippen molar-refractivity contribution >= 4 is 33.8 Å². The van der Waals surface area contributed by atoms with Gasteiger partial charge in [-0.3, -0.25) is 4.79 Å². The lowest BCUT2D eigenvalue weighted by molar-refractivity contribution is -0.128. The fraction of sp³-hybridized carbons (Fsp3) is 0.263. The van der Waals surface area contributed by atoms with Gasteiger partial charge in [0.05, 0.1) is 20.8 Å². The van der Waals surface area contributed by atoms with Gasteiger partial charge in [0.25, 0.3) is 5.91 Å². The summed E-state index contributed by atoms with van der Waals surface area (Å²) in [5.74, 6) is 2.09. The number of ether oxygens (including phenoxy) is 4. The van der Waals surface area contributed by atoms with Crippen molar-refractivity contribution in [2.75, 3.05) is 34.0 Å². The minimum absolute atomic E-state index is 0.0658. The first-order chi connectivity index (χ1) is 23.0. The first kappa shape index (κ1) is 33.8. The standard InChI is InChI=1S/C38H39BrN2O6/c1-44-33-20-15-28(26-34(33)45-2)21-23-40-37(43)38(22-8-12-27-10-4-3-5-11-27)35(31-13-6-7-14-32(31)39)47-36(41-38)29-16-18-30(19-17-29)46-25-9-24-42/h3-8,10-20,26,35,42H,9,21-25H2,1-2H3,(H,40,43)/b12-8+/t35-,38-/m1/s1. The Morgan fingerprint density at radius 1 is 0.979 bits per heavy atom. The Bertz CT molecular complexity index is 1690. The molecule has 4 aromatic carbocycles. The van der Waals surface area contributed by atoms with Crippen LogP contribution in [0.4, 0.5) is 0 Å². The number of rotatable bonds is 15. The number of hydrogen-bond acceptors (Lipinski definition) is 7. The molecule has 0 spiro atoms. The molecule has 0 saturated carbocycles. The van der Waals surface area contributed by atoms with Gasteiger partial charge in [0.2, 0.25) is 5.90 Å². The molecule has 0 aliphatic carbocycles. The Labute approximate surface area is 284 Å². The van der Waals surface area contributed by atoms with E-state index in [1.165, 1.54) is 0 Å². The lowest BCUT2D eigenvalue weighted by Gasteiger charge is -2.30. The zero-order valence-corrected chi connectivity index (χ0v) is 28.1. The van der Waals surface area contributed by atoms with E-state index in [9.17, 15) is 4.79 Å². The van der Waals surface area contributed by atoms with Gasteiger partial charge in [-0.05, 0) is 60.0 Å². The zero-order valence-electron chi connectivity index (χ0n) is 26.5. The first-order valence-electron chi connectivity index (χ1n) is 15.5. The monoisotopic (exact) mass is 698 g/mol. The predicted molar refractivity (Wildman–Crippen MR) is 187 cm³/mol. The van der Waals surface area contributed by atoms with E-state index in [2.05, 4.69) is 21.2 Å². The number of halogens is 1. The predicted octanol–water partition coefficient (Wildman–Crippen LogP) is 6.95. The number of benzene rings is 4. The number of hydrogen-bond donors (Lipinski definition) is 2. The van der Waals surface area contributed by atoms with Gasteiger partial charge in [-0.1, -0.05) is 82.7 Å².